The topological polar surface area (TPSA) is 63.6 Å². The van der Waals surface area contributed by atoms with Gasteiger partial charge in [-0.1, -0.05) is 0 Å². The quantitative estimate of drug-likeness (QED) is 0.503. The molecule has 1 N–H and O–H groups in total. The van der Waals surface area contributed by atoms with Gasteiger partial charge in [-0.2, -0.15) is 4.98 Å². The second-order valence-electron chi connectivity index (χ2n) is 4.64. The second kappa shape index (κ2) is 3.96. The SMILES string of the molecule is Cc1cc2nc3c(=O)[nH]c(=S)nc-3n(C)c2cc1C. The lowest BCUT2D eigenvalue weighted by Crippen LogP contribution is -2.18. The summed E-state index contributed by atoms with van der Waals surface area (Å²) >= 11 is 4.95. The molecule has 0 saturated carbocycles. The van der Waals surface area contributed by atoms with Crippen LogP contribution in [0.3, 0.4) is 0 Å². The van der Waals surface area contributed by atoms with Crippen LogP contribution in [-0.4, -0.2) is 19.5 Å². The molecule has 0 fully saturated rings. The zero-order valence-corrected chi connectivity index (χ0v) is 11.6. The first-order valence-corrected chi connectivity index (χ1v) is 6.26. The molecule has 2 aliphatic rings. The third kappa shape index (κ3) is 1.76. The van der Waals surface area contributed by atoms with Gasteiger partial charge >= 0.3 is 0 Å². The van der Waals surface area contributed by atoms with Crippen LogP contribution >= 0.6 is 12.2 Å². The molecular formula is C13H12N4OS. The summed E-state index contributed by atoms with van der Waals surface area (Å²) in [6, 6.07) is 4.02. The Morgan fingerprint density at radius 3 is 2.63 bits per heavy atom. The van der Waals surface area contributed by atoms with Crippen LogP contribution in [0.5, 0.6) is 0 Å². The minimum Gasteiger partial charge on any atom is -0.326 e. The molecule has 0 radical (unpaired) electrons. The Balaban J connectivity index is 2.60. The Bertz CT molecular complexity index is 894. The Labute approximate surface area is 114 Å². The molecule has 1 aromatic carbocycles. The number of nitrogens with zero attached hydrogens (tertiary/aromatic N) is 3. The Hall–Kier alpha value is -2.08. The van der Waals surface area contributed by atoms with Crippen molar-refractivity contribution in [1.82, 2.24) is 19.5 Å². The van der Waals surface area contributed by atoms with E-state index >= 15 is 0 Å². The van der Waals surface area contributed by atoms with Crippen LogP contribution in [0.4, 0.5) is 0 Å². The Kier molecular flexibility index (Phi) is 2.50. The van der Waals surface area contributed by atoms with Crippen molar-refractivity contribution in [1.29, 1.82) is 0 Å². The van der Waals surface area contributed by atoms with Gasteiger partial charge in [0.25, 0.3) is 5.56 Å². The Morgan fingerprint density at radius 1 is 1.21 bits per heavy atom. The van der Waals surface area contributed by atoms with E-state index in [9.17, 15) is 4.79 Å². The normalized spacial score (nSPS) is 11.3. The lowest BCUT2D eigenvalue weighted by atomic mass is 10.1. The van der Waals surface area contributed by atoms with Gasteiger partial charge in [-0.3, -0.25) is 9.78 Å². The number of fused-ring (bicyclic) bond motifs is 2. The van der Waals surface area contributed by atoms with E-state index in [1.54, 1.807) is 0 Å². The number of hydrogen-bond acceptors (Lipinski definition) is 4. The molecule has 0 unspecified atom stereocenters. The summed E-state index contributed by atoms with van der Waals surface area (Å²) in [7, 11) is 1.86. The zero-order valence-electron chi connectivity index (χ0n) is 10.8. The molecule has 96 valence electrons. The van der Waals surface area contributed by atoms with Crippen molar-refractivity contribution in [2.45, 2.75) is 13.8 Å². The number of aromatic nitrogens is 4. The predicted octanol–water partition coefficient (Wildman–Crippen LogP) is 2.11. The summed E-state index contributed by atoms with van der Waals surface area (Å²) in [6.45, 7) is 4.07. The van der Waals surface area contributed by atoms with Gasteiger partial charge in [-0.05, 0) is 49.3 Å². The predicted molar refractivity (Wildman–Crippen MR) is 76.1 cm³/mol. The van der Waals surface area contributed by atoms with Crippen LogP contribution in [0, 0.1) is 18.6 Å². The zero-order chi connectivity index (χ0) is 13.7. The van der Waals surface area contributed by atoms with Crippen molar-refractivity contribution < 1.29 is 0 Å². The highest BCUT2D eigenvalue weighted by atomic mass is 32.1. The number of aryl methyl sites for hydroxylation is 3. The molecule has 0 atom stereocenters. The van der Waals surface area contributed by atoms with Crippen molar-refractivity contribution in [3.8, 4) is 11.5 Å². The first-order chi connectivity index (χ1) is 8.97. The van der Waals surface area contributed by atoms with E-state index in [4.69, 9.17) is 12.2 Å². The largest absolute Gasteiger partial charge is 0.326 e. The fourth-order valence-electron chi connectivity index (χ4n) is 2.15. The molecule has 0 aliphatic carbocycles. The highest BCUT2D eigenvalue weighted by Crippen LogP contribution is 2.22. The van der Waals surface area contributed by atoms with Gasteiger partial charge in [0.1, 0.15) is 0 Å². The van der Waals surface area contributed by atoms with E-state index in [-0.39, 0.29) is 10.3 Å². The highest BCUT2D eigenvalue weighted by Gasteiger charge is 2.16. The molecule has 0 aromatic heterocycles. The van der Waals surface area contributed by atoms with Crippen LogP contribution in [-0.2, 0) is 7.05 Å². The maximum Gasteiger partial charge on any atom is 0.279 e. The minimum absolute atomic E-state index is 0.179. The van der Waals surface area contributed by atoms with Crippen LogP contribution < -0.4 is 5.56 Å². The molecule has 19 heavy (non-hydrogen) atoms. The summed E-state index contributed by atoms with van der Waals surface area (Å²) in [5.41, 5.74) is 4.04. The van der Waals surface area contributed by atoms with E-state index in [1.165, 1.54) is 5.56 Å². The van der Waals surface area contributed by atoms with E-state index in [2.05, 4.69) is 15.0 Å². The third-order valence-corrected chi connectivity index (χ3v) is 3.55. The fraction of sp³-hybridized carbons (Fsp3) is 0.231. The summed E-state index contributed by atoms with van der Waals surface area (Å²) in [5, 5.41) is 0. The van der Waals surface area contributed by atoms with Crippen LogP contribution in [0.25, 0.3) is 22.6 Å². The molecule has 0 saturated heterocycles. The number of nitrogens with one attached hydrogen (secondary N) is 1. The number of rotatable bonds is 0. The van der Waals surface area contributed by atoms with Gasteiger partial charge in [-0.25, -0.2) is 4.98 Å². The van der Waals surface area contributed by atoms with Crippen LogP contribution in [0.15, 0.2) is 16.9 Å². The minimum atomic E-state index is -0.300. The first kappa shape index (κ1) is 12.0. The van der Waals surface area contributed by atoms with Gasteiger partial charge in [0, 0.05) is 7.05 Å². The molecule has 0 bridgehead atoms. The molecule has 2 aliphatic heterocycles. The van der Waals surface area contributed by atoms with Gasteiger partial charge in [-0.15, -0.1) is 0 Å². The molecule has 5 nitrogen and oxygen atoms in total. The summed E-state index contributed by atoms with van der Waals surface area (Å²) in [4.78, 5) is 23.0. The molecule has 6 heteroatoms. The van der Waals surface area contributed by atoms with Crippen molar-refractivity contribution in [2.24, 2.45) is 7.05 Å². The molecule has 2 heterocycles. The standard InChI is InChI=1S/C13H12N4OS/c1-6-4-8-9(5-7(6)2)17(3)11-10(14-8)12(18)16-13(19)15-11/h4-5H,1-3H3,(H,16,18,19). The second-order valence-corrected chi connectivity index (χ2v) is 5.03. The maximum absolute atomic E-state index is 11.9. The summed E-state index contributed by atoms with van der Waals surface area (Å²) < 4.78 is 2.04. The summed E-state index contributed by atoms with van der Waals surface area (Å²) in [6.07, 6.45) is 0. The molecular weight excluding hydrogens is 260 g/mol. The van der Waals surface area contributed by atoms with E-state index in [0.29, 0.717) is 11.5 Å². The van der Waals surface area contributed by atoms with Crippen LogP contribution in [0.1, 0.15) is 11.1 Å². The van der Waals surface area contributed by atoms with Crippen LogP contribution in [0.2, 0.25) is 0 Å². The average Bonchev–Trinajstić information content (AvgIpc) is 2.34. The highest BCUT2D eigenvalue weighted by molar-refractivity contribution is 7.71. The van der Waals surface area contributed by atoms with Crippen molar-refractivity contribution in [3.05, 3.63) is 38.4 Å². The van der Waals surface area contributed by atoms with Crippen molar-refractivity contribution in [3.63, 3.8) is 0 Å². The molecule has 0 amide bonds. The summed E-state index contributed by atoms with van der Waals surface area (Å²) in [5.74, 6) is 0.504. The monoisotopic (exact) mass is 272 g/mol. The number of benzene rings is 1. The maximum atomic E-state index is 11.9. The van der Waals surface area contributed by atoms with Gasteiger partial charge in [0.05, 0.1) is 11.0 Å². The van der Waals surface area contributed by atoms with Gasteiger partial charge in [0.2, 0.25) is 4.77 Å². The Morgan fingerprint density at radius 2 is 1.89 bits per heavy atom. The fourth-order valence-corrected chi connectivity index (χ4v) is 2.33. The van der Waals surface area contributed by atoms with E-state index < -0.39 is 0 Å². The van der Waals surface area contributed by atoms with Crippen molar-refractivity contribution >= 4 is 23.3 Å². The lowest BCUT2D eigenvalue weighted by Gasteiger charge is -2.13. The average molecular weight is 272 g/mol. The lowest BCUT2D eigenvalue weighted by molar-refractivity contribution is 0.881. The third-order valence-electron chi connectivity index (χ3n) is 3.36. The van der Waals surface area contributed by atoms with E-state index in [1.807, 2.05) is 37.6 Å². The molecule has 0 spiro atoms. The molecule has 3 rings (SSSR count). The van der Waals surface area contributed by atoms with Gasteiger partial charge < -0.3 is 4.57 Å². The van der Waals surface area contributed by atoms with Crippen molar-refractivity contribution in [2.75, 3.05) is 0 Å². The van der Waals surface area contributed by atoms with E-state index in [0.717, 1.165) is 16.6 Å². The molecule has 1 aromatic rings. The number of aromatic amines is 1. The van der Waals surface area contributed by atoms with Gasteiger partial charge in [0.15, 0.2) is 11.5 Å². The first-order valence-electron chi connectivity index (χ1n) is 5.85. The smallest absolute Gasteiger partial charge is 0.279 e. The number of hydrogen-bond donors (Lipinski definition) is 1. The number of H-pyrrole nitrogens is 1.